The summed E-state index contributed by atoms with van der Waals surface area (Å²) in [5, 5.41) is 27.3. The van der Waals surface area contributed by atoms with Crippen LogP contribution in [0.4, 0.5) is 19.6 Å². The lowest BCUT2D eigenvalue weighted by atomic mass is 9.96. The fourth-order valence-corrected chi connectivity index (χ4v) is 12.5. The molecule has 8 heterocycles. The Morgan fingerprint density at radius 2 is 1.72 bits per heavy atom. The average Bonchev–Trinajstić information content (AvgIpc) is 3.95. The van der Waals surface area contributed by atoms with Crippen molar-refractivity contribution < 1.29 is 32.6 Å². The molecule has 4 aromatic carbocycles. The van der Waals surface area contributed by atoms with Gasteiger partial charge in [0.1, 0.15) is 64.2 Å². The zero-order valence-corrected chi connectivity index (χ0v) is 47.5. The first-order valence-corrected chi connectivity index (χ1v) is 29.0. The van der Waals surface area contributed by atoms with Gasteiger partial charge in [0.2, 0.25) is 12.3 Å². The Kier molecular flexibility index (Phi) is 16.6. The van der Waals surface area contributed by atoms with Crippen LogP contribution in [0.2, 0.25) is 5.02 Å². The van der Waals surface area contributed by atoms with Crippen LogP contribution in [-0.2, 0) is 20.9 Å². The van der Waals surface area contributed by atoms with Gasteiger partial charge < -0.3 is 40.4 Å². The third-order valence-electron chi connectivity index (χ3n) is 16.1. The van der Waals surface area contributed by atoms with Crippen molar-refractivity contribution in [2.24, 2.45) is 5.92 Å². The van der Waals surface area contributed by atoms with Gasteiger partial charge in [-0.25, -0.2) is 13.5 Å². The third kappa shape index (κ3) is 11.6. The van der Waals surface area contributed by atoms with Gasteiger partial charge in [0.15, 0.2) is 5.75 Å². The van der Waals surface area contributed by atoms with Crippen LogP contribution in [0.1, 0.15) is 95.0 Å². The number of thiophene rings is 1. The van der Waals surface area contributed by atoms with E-state index < -0.39 is 5.82 Å². The summed E-state index contributed by atoms with van der Waals surface area (Å²) >= 11 is 8.38. The quantitative estimate of drug-likeness (QED) is 0.0816. The molecule has 21 heteroatoms. The summed E-state index contributed by atoms with van der Waals surface area (Å²) < 4.78 is 50.3. The predicted molar refractivity (Wildman–Crippen MR) is 312 cm³/mol. The van der Waals surface area contributed by atoms with E-state index in [0.29, 0.717) is 99.4 Å². The maximum absolute atomic E-state index is 15.4. The van der Waals surface area contributed by atoms with Gasteiger partial charge in [0, 0.05) is 78.2 Å². The normalized spacial score (nSPS) is 18.7. The molecule has 5 unspecified atom stereocenters. The monoisotopic (exact) mass is 1150 g/mol. The molecule has 4 saturated heterocycles. The second-order valence-electron chi connectivity index (χ2n) is 21.8. The van der Waals surface area contributed by atoms with Gasteiger partial charge in [0.05, 0.1) is 46.8 Å². The molecule has 4 aliphatic heterocycles. The molecular weight excluding hydrogens is 1090 g/mol. The zero-order valence-electron chi connectivity index (χ0n) is 45.9. The lowest BCUT2D eigenvalue weighted by Gasteiger charge is -2.34. The van der Waals surface area contributed by atoms with Crippen molar-refractivity contribution in [2.75, 3.05) is 43.5 Å². The second-order valence-corrected chi connectivity index (χ2v) is 23.2. The molecule has 0 saturated carbocycles. The molecule has 0 radical (unpaired) electrons. The minimum Gasteiger partial charge on any atom is -0.486 e. The van der Waals surface area contributed by atoms with Crippen LogP contribution in [0.3, 0.4) is 0 Å². The van der Waals surface area contributed by atoms with Crippen LogP contribution in [0, 0.1) is 28.9 Å². The molecular formula is C61H63ClF2N12O5S. The minimum absolute atomic E-state index is 0.114. The van der Waals surface area contributed by atoms with Crippen LogP contribution in [0.15, 0.2) is 91.3 Å². The van der Waals surface area contributed by atoms with Gasteiger partial charge in [-0.05, 0) is 86.4 Å². The van der Waals surface area contributed by atoms with E-state index in [4.69, 9.17) is 41.5 Å². The van der Waals surface area contributed by atoms with Gasteiger partial charge in [0.25, 0.3) is 0 Å². The van der Waals surface area contributed by atoms with E-state index in [1.807, 2.05) is 60.3 Å². The van der Waals surface area contributed by atoms with E-state index >= 15 is 4.39 Å². The topological polar surface area (TPSA) is 212 Å². The number of aromatic nitrogens is 6. The summed E-state index contributed by atoms with van der Waals surface area (Å²) in [5.74, 6) is 0.509. The number of nitrogens with zero attached hydrogens (tertiary/aromatic N) is 9. The summed E-state index contributed by atoms with van der Waals surface area (Å²) in [7, 11) is 0. The molecule has 4 fully saturated rings. The number of hydrogen-bond donors (Lipinski definition) is 3. The standard InChI is InChI=1S/C42H43ClFN9O3S.C19H20FN3O2/c1-22(2)23(3)53-20-34(50-51-53)25-6-4-24(5-7-25)21-55-38-36(29-10-11-33(44)39-35(29)31(17-45)40(46)57-39)32(43)16-30-37(38)48-42(56-28-12-14-54-15-13-28)49-41(30)52-18-26-8-9-27(19-52)47-26;1-13(22-19(25)17-5-3-11-23(17)12-24)14-6-8-15(9-7-14)18-16(20)4-2-10-21-18/h4-7,10-11,16,20,22-23,26-28,47H,8-9,12-15,18-19,21,46H2,1-3H3;2,4,6-10,12-13,17H,3,5,11H2,1H3,(H,22,25). The number of carbonyl (C=O) groups excluding carboxylic acids is 2. The number of likely N-dealkylation sites (tertiary alicyclic amines) is 1. The molecule has 2 bridgehead atoms. The lowest BCUT2D eigenvalue weighted by molar-refractivity contribution is -0.131. The average molecular weight is 1150 g/mol. The Balaban J connectivity index is 0.000000236. The maximum atomic E-state index is 15.4. The molecule has 17 nitrogen and oxygen atoms in total. The second kappa shape index (κ2) is 24.3. The number of nitrogens with two attached hydrogens (primary N) is 1. The Morgan fingerprint density at radius 1 is 0.976 bits per heavy atom. The molecule has 424 valence electrons. The number of amides is 2. The summed E-state index contributed by atoms with van der Waals surface area (Å²) in [4.78, 5) is 41.4. The number of nitrogen functional groups attached to an aromatic ring is 1. The molecule has 4 aliphatic rings. The Bertz CT molecular complexity index is 3670. The Hall–Kier alpha value is -7.83. The molecule has 5 atom stereocenters. The van der Waals surface area contributed by atoms with Gasteiger partial charge in [-0.2, -0.15) is 15.2 Å². The van der Waals surface area contributed by atoms with Crippen molar-refractivity contribution in [3.8, 4) is 51.5 Å². The highest BCUT2D eigenvalue weighted by molar-refractivity contribution is 7.23. The molecule has 82 heavy (non-hydrogen) atoms. The summed E-state index contributed by atoms with van der Waals surface area (Å²) in [5.41, 5.74) is 12.5. The first-order chi connectivity index (χ1) is 39.7. The fraction of sp³-hybridized carbons (Fsp3) is 0.377. The minimum atomic E-state index is -0.477. The number of hydrogen-bond acceptors (Lipinski definition) is 15. The van der Waals surface area contributed by atoms with E-state index in [2.05, 4.69) is 57.7 Å². The number of rotatable bonds is 15. The first kappa shape index (κ1) is 56.1. The molecule has 0 spiro atoms. The lowest BCUT2D eigenvalue weighted by Crippen LogP contribution is -2.51. The number of carbonyl (C=O) groups is 2. The number of halogens is 3. The molecule has 4 N–H and O–H groups in total. The van der Waals surface area contributed by atoms with Crippen LogP contribution >= 0.6 is 22.9 Å². The largest absolute Gasteiger partial charge is 0.486 e. The van der Waals surface area contributed by atoms with Crippen LogP contribution in [0.5, 0.6) is 11.8 Å². The van der Waals surface area contributed by atoms with E-state index in [-0.39, 0.29) is 63.8 Å². The van der Waals surface area contributed by atoms with Crippen molar-refractivity contribution in [2.45, 2.75) is 109 Å². The fourth-order valence-electron chi connectivity index (χ4n) is 11.2. The van der Waals surface area contributed by atoms with Crippen molar-refractivity contribution in [3.05, 3.63) is 125 Å². The van der Waals surface area contributed by atoms with E-state index in [1.54, 1.807) is 30.5 Å². The van der Waals surface area contributed by atoms with Crippen LogP contribution in [0.25, 0.3) is 54.6 Å². The van der Waals surface area contributed by atoms with Gasteiger partial charge in [-0.3, -0.25) is 14.6 Å². The molecule has 0 aliphatic carbocycles. The number of ether oxygens (including phenoxy) is 3. The van der Waals surface area contributed by atoms with E-state index in [0.717, 1.165) is 85.3 Å². The van der Waals surface area contributed by atoms with Gasteiger partial charge in [-0.15, -0.1) is 16.4 Å². The molecule has 4 aromatic heterocycles. The van der Waals surface area contributed by atoms with Gasteiger partial charge >= 0.3 is 6.01 Å². The zero-order chi connectivity index (χ0) is 57.2. The molecule has 8 aromatic rings. The number of anilines is 2. The number of benzene rings is 4. The first-order valence-electron chi connectivity index (χ1n) is 27.8. The van der Waals surface area contributed by atoms with E-state index in [1.165, 1.54) is 17.0 Å². The van der Waals surface area contributed by atoms with Crippen molar-refractivity contribution in [3.63, 3.8) is 0 Å². The number of fused-ring (bicyclic) bond motifs is 4. The molecule has 2 amide bonds. The Labute approximate surface area is 482 Å². The Morgan fingerprint density at radius 3 is 2.43 bits per heavy atom. The van der Waals surface area contributed by atoms with E-state index in [9.17, 15) is 19.2 Å². The van der Waals surface area contributed by atoms with Crippen molar-refractivity contribution in [1.29, 1.82) is 5.26 Å². The summed E-state index contributed by atoms with van der Waals surface area (Å²) in [6, 6.07) is 25.8. The highest BCUT2D eigenvalue weighted by Crippen LogP contribution is 2.50. The smallest absolute Gasteiger partial charge is 0.319 e. The number of nitrogens with one attached hydrogen (secondary N) is 2. The highest BCUT2D eigenvalue weighted by Gasteiger charge is 2.36. The van der Waals surface area contributed by atoms with Crippen LogP contribution in [-0.4, -0.2) is 104 Å². The van der Waals surface area contributed by atoms with Crippen LogP contribution < -0.4 is 30.7 Å². The maximum Gasteiger partial charge on any atom is 0.319 e. The number of piperazine rings is 1. The SMILES string of the molecule is CC(C)C(C)n1cc(-c2ccc(COc3c(-c4ccc(F)c5sc(N)c(C#N)c45)c(Cl)cc4c(N5CC6CCC(C5)N6)nc(OC5CCOCC5)nc34)cc2)nn1.CC(NC(=O)C1CCCN1C=O)c1ccc(-c2ncccc2F)cc1. The van der Waals surface area contributed by atoms with Gasteiger partial charge in [-0.1, -0.05) is 85.3 Å². The predicted octanol–water partition coefficient (Wildman–Crippen LogP) is 11.0. The number of pyridine rings is 1. The molecule has 12 rings (SSSR count). The van der Waals surface area contributed by atoms with Crippen molar-refractivity contribution >= 4 is 67.1 Å². The highest BCUT2D eigenvalue weighted by atomic mass is 35.5. The van der Waals surface area contributed by atoms with Crippen molar-refractivity contribution in [1.82, 2.24) is 45.5 Å². The number of nitriles is 1. The third-order valence-corrected chi connectivity index (χ3v) is 17.4. The summed E-state index contributed by atoms with van der Waals surface area (Å²) in [6.45, 7) is 11.8. The summed E-state index contributed by atoms with van der Waals surface area (Å²) in [6.07, 6.45) is 9.30.